The fraction of sp³-hybridized carbons (Fsp3) is 0.294. The average molecular weight is 360 g/mol. The molecule has 1 amide bonds. The number of imidazole rings is 1. The van der Waals surface area contributed by atoms with E-state index in [-0.39, 0.29) is 12.5 Å². The molecule has 7 nitrogen and oxygen atoms in total. The Bertz CT molecular complexity index is 841. The number of aryl methyl sites for hydroxylation is 2. The first-order valence-electron chi connectivity index (χ1n) is 7.95. The molecule has 0 radical (unpaired) electrons. The maximum atomic E-state index is 11.9. The van der Waals surface area contributed by atoms with Crippen LogP contribution >= 0.6 is 11.6 Å². The van der Waals surface area contributed by atoms with Gasteiger partial charge < -0.3 is 14.4 Å². The van der Waals surface area contributed by atoms with E-state index in [4.69, 9.17) is 16.1 Å². The van der Waals surface area contributed by atoms with Crippen molar-refractivity contribution in [1.82, 2.24) is 25.0 Å². The molecule has 1 aromatic carbocycles. The zero-order valence-electron chi connectivity index (χ0n) is 13.8. The Hall–Kier alpha value is -2.67. The summed E-state index contributed by atoms with van der Waals surface area (Å²) in [5.74, 6) is 1.73. The molecule has 8 heteroatoms. The predicted octanol–water partition coefficient (Wildman–Crippen LogP) is 2.99. The van der Waals surface area contributed by atoms with Gasteiger partial charge in [-0.15, -0.1) is 0 Å². The van der Waals surface area contributed by atoms with Gasteiger partial charge in [-0.3, -0.25) is 4.79 Å². The second-order valence-electron chi connectivity index (χ2n) is 5.57. The van der Waals surface area contributed by atoms with Crippen LogP contribution in [0.25, 0.3) is 11.5 Å². The molecule has 2 heterocycles. The molecule has 0 saturated carbocycles. The van der Waals surface area contributed by atoms with E-state index in [1.165, 1.54) is 0 Å². The molecular formula is C17H18ClN5O2. The Balaban J connectivity index is 1.44. The molecule has 0 spiro atoms. The Kier molecular flexibility index (Phi) is 5.45. The number of aromatic nitrogens is 4. The Labute approximate surface area is 150 Å². The van der Waals surface area contributed by atoms with Crippen molar-refractivity contribution in [2.24, 2.45) is 0 Å². The maximum Gasteiger partial charge on any atom is 0.257 e. The third-order valence-corrected chi connectivity index (χ3v) is 3.98. The number of hydrogen-bond acceptors (Lipinski definition) is 5. The van der Waals surface area contributed by atoms with Gasteiger partial charge in [0.15, 0.2) is 5.82 Å². The third-order valence-electron chi connectivity index (χ3n) is 3.73. The number of carbonyl (C=O) groups excluding carboxylic acids is 1. The number of rotatable bonds is 7. The summed E-state index contributed by atoms with van der Waals surface area (Å²) < 4.78 is 7.22. The lowest BCUT2D eigenvalue weighted by Gasteiger charge is -2.05. The lowest BCUT2D eigenvalue weighted by atomic mass is 10.2. The minimum Gasteiger partial charge on any atom is -0.349 e. The van der Waals surface area contributed by atoms with E-state index in [1.54, 1.807) is 30.5 Å². The zero-order valence-corrected chi connectivity index (χ0v) is 14.5. The fourth-order valence-electron chi connectivity index (χ4n) is 2.35. The first kappa shape index (κ1) is 17.2. The van der Waals surface area contributed by atoms with Crippen LogP contribution in [0.5, 0.6) is 0 Å². The summed E-state index contributed by atoms with van der Waals surface area (Å²) in [6.45, 7) is 2.94. The first-order valence-corrected chi connectivity index (χ1v) is 8.32. The molecule has 130 valence electrons. The van der Waals surface area contributed by atoms with E-state index >= 15 is 0 Å². The summed E-state index contributed by atoms with van der Waals surface area (Å²) in [7, 11) is 0. The quantitative estimate of drug-likeness (QED) is 0.700. The van der Waals surface area contributed by atoms with Gasteiger partial charge in [0, 0.05) is 35.9 Å². The van der Waals surface area contributed by atoms with Crippen LogP contribution in [-0.4, -0.2) is 25.6 Å². The van der Waals surface area contributed by atoms with Crippen molar-refractivity contribution in [1.29, 1.82) is 0 Å². The molecule has 0 unspecified atom stereocenters. The molecule has 0 saturated heterocycles. The molecule has 0 fully saturated rings. The highest BCUT2D eigenvalue weighted by molar-refractivity contribution is 6.30. The Morgan fingerprint density at radius 2 is 2.12 bits per heavy atom. The minimum absolute atomic E-state index is 0.0457. The predicted molar refractivity (Wildman–Crippen MR) is 92.8 cm³/mol. The Morgan fingerprint density at radius 1 is 1.32 bits per heavy atom. The summed E-state index contributed by atoms with van der Waals surface area (Å²) >= 11 is 5.85. The summed E-state index contributed by atoms with van der Waals surface area (Å²) in [6.07, 6.45) is 4.83. The van der Waals surface area contributed by atoms with Crippen LogP contribution in [0.1, 0.15) is 24.5 Å². The summed E-state index contributed by atoms with van der Waals surface area (Å²) in [5.41, 5.74) is 0.783. The number of benzene rings is 1. The molecule has 0 bridgehead atoms. The summed E-state index contributed by atoms with van der Waals surface area (Å²) in [4.78, 5) is 20.3. The van der Waals surface area contributed by atoms with Crippen LogP contribution in [0.15, 0.2) is 41.2 Å². The van der Waals surface area contributed by atoms with Gasteiger partial charge in [0.2, 0.25) is 5.91 Å². The number of hydrogen-bond donors (Lipinski definition) is 1. The van der Waals surface area contributed by atoms with Gasteiger partial charge in [-0.25, -0.2) is 4.98 Å². The number of amides is 1. The summed E-state index contributed by atoms with van der Waals surface area (Å²) in [5, 5.41) is 7.31. The highest BCUT2D eigenvalue weighted by Crippen LogP contribution is 2.19. The van der Waals surface area contributed by atoms with Crippen molar-refractivity contribution >= 4 is 17.5 Å². The number of halogens is 1. The van der Waals surface area contributed by atoms with Crippen molar-refractivity contribution in [2.45, 2.75) is 32.9 Å². The van der Waals surface area contributed by atoms with E-state index in [0.29, 0.717) is 23.2 Å². The van der Waals surface area contributed by atoms with Gasteiger partial charge in [-0.1, -0.05) is 16.8 Å². The lowest BCUT2D eigenvalue weighted by Crippen LogP contribution is -2.23. The molecule has 25 heavy (non-hydrogen) atoms. The molecule has 3 rings (SSSR count). The van der Waals surface area contributed by atoms with Gasteiger partial charge in [0.25, 0.3) is 5.89 Å². The topological polar surface area (TPSA) is 85.8 Å². The summed E-state index contributed by atoms with van der Waals surface area (Å²) in [6, 6.07) is 7.11. The molecule has 0 aliphatic rings. The smallest absolute Gasteiger partial charge is 0.257 e. The van der Waals surface area contributed by atoms with Gasteiger partial charge in [0.1, 0.15) is 5.82 Å². The van der Waals surface area contributed by atoms with Crippen molar-refractivity contribution < 1.29 is 9.32 Å². The molecule has 0 aliphatic heterocycles. The molecule has 2 aromatic heterocycles. The van der Waals surface area contributed by atoms with Gasteiger partial charge in [-0.05, 0) is 37.6 Å². The van der Waals surface area contributed by atoms with Crippen LogP contribution in [0, 0.1) is 6.92 Å². The van der Waals surface area contributed by atoms with Crippen LogP contribution in [0.2, 0.25) is 5.02 Å². The van der Waals surface area contributed by atoms with Gasteiger partial charge in [0.05, 0.1) is 6.54 Å². The maximum absolute atomic E-state index is 11.9. The second-order valence-corrected chi connectivity index (χ2v) is 6.01. The largest absolute Gasteiger partial charge is 0.349 e. The van der Waals surface area contributed by atoms with Gasteiger partial charge >= 0.3 is 0 Å². The van der Waals surface area contributed by atoms with Gasteiger partial charge in [-0.2, -0.15) is 4.98 Å². The van der Waals surface area contributed by atoms with Crippen molar-refractivity contribution in [3.05, 3.63) is 53.3 Å². The SMILES string of the molecule is Cc1nccn1CCCC(=O)NCc1noc(-c2ccc(Cl)cc2)n1. The monoisotopic (exact) mass is 359 g/mol. The fourth-order valence-corrected chi connectivity index (χ4v) is 2.48. The zero-order chi connectivity index (χ0) is 17.6. The number of nitrogens with one attached hydrogen (secondary N) is 1. The average Bonchev–Trinajstić information content (AvgIpc) is 3.23. The van der Waals surface area contributed by atoms with Crippen molar-refractivity contribution in [3.8, 4) is 11.5 Å². The van der Waals surface area contributed by atoms with E-state index in [9.17, 15) is 4.79 Å². The number of nitrogens with zero attached hydrogens (tertiary/aromatic N) is 4. The normalized spacial score (nSPS) is 10.8. The standard InChI is InChI=1S/C17H18ClN5O2/c1-12-19-8-10-23(12)9-2-3-16(24)20-11-15-21-17(25-22-15)13-4-6-14(18)7-5-13/h4-8,10H,2-3,9,11H2,1H3,(H,20,24). The van der Waals surface area contributed by atoms with Crippen LogP contribution in [0.4, 0.5) is 0 Å². The molecule has 1 N–H and O–H groups in total. The van der Waals surface area contributed by atoms with Crippen LogP contribution in [-0.2, 0) is 17.9 Å². The molecular weight excluding hydrogens is 342 g/mol. The lowest BCUT2D eigenvalue weighted by molar-refractivity contribution is -0.121. The molecule has 0 aliphatic carbocycles. The molecule has 3 aromatic rings. The number of carbonyl (C=O) groups is 1. The highest BCUT2D eigenvalue weighted by atomic mass is 35.5. The van der Waals surface area contributed by atoms with Crippen molar-refractivity contribution in [3.63, 3.8) is 0 Å². The second kappa shape index (κ2) is 7.94. The Morgan fingerprint density at radius 3 is 2.84 bits per heavy atom. The van der Waals surface area contributed by atoms with E-state index < -0.39 is 0 Å². The molecule has 0 atom stereocenters. The van der Waals surface area contributed by atoms with E-state index in [1.807, 2.05) is 17.7 Å². The van der Waals surface area contributed by atoms with E-state index in [0.717, 1.165) is 24.4 Å². The van der Waals surface area contributed by atoms with Crippen LogP contribution < -0.4 is 5.32 Å². The van der Waals surface area contributed by atoms with Crippen molar-refractivity contribution in [2.75, 3.05) is 0 Å². The van der Waals surface area contributed by atoms with Crippen LogP contribution in [0.3, 0.4) is 0 Å². The third kappa shape index (κ3) is 4.67. The minimum atomic E-state index is -0.0457. The first-order chi connectivity index (χ1) is 12.1. The highest BCUT2D eigenvalue weighted by Gasteiger charge is 2.10. The van der Waals surface area contributed by atoms with E-state index in [2.05, 4.69) is 20.4 Å².